The first-order valence-electron chi connectivity index (χ1n) is 4.31. The van der Waals surface area contributed by atoms with Gasteiger partial charge in [-0.15, -0.1) is 0 Å². The van der Waals surface area contributed by atoms with Gasteiger partial charge in [-0.05, 0) is 12.1 Å². The molecule has 4 heteroatoms. The highest BCUT2D eigenvalue weighted by Gasteiger charge is 2.25. The summed E-state index contributed by atoms with van der Waals surface area (Å²) in [4.78, 5) is 23.5. The standard InChI is InChI=1S/C10H10N2O2/c1-12-5-8-7(10(12)14)3-2-4-9(8)11-6-13/h2-4,6H,5H2,1H3,(H,11,13). The van der Waals surface area contributed by atoms with Crippen LogP contribution in [0.15, 0.2) is 18.2 Å². The quantitative estimate of drug-likeness (QED) is 0.702. The van der Waals surface area contributed by atoms with Gasteiger partial charge in [0.05, 0.1) is 0 Å². The third-order valence-electron chi connectivity index (χ3n) is 2.36. The van der Waals surface area contributed by atoms with Crippen LogP contribution in [0.5, 0.6) is 0 Å². The van der Waals surface area contributed by atoms with Gasteiger partial charge in [0.15, 0.2) is 0 Å². The molecule has 0 fully saturated rings. The van der Waals surface area contributed by atoms with Crippen molar-refractivity contribution < 1.29 is 9.59 Å². The first-order valence-corrected chi connectivity index (χ1v) is 4.31. The van der Waals surface area contributed by atoms with Crippen molar-refractivity contribution in [1.82, 2.24) is 4.90 Å². The summed E-state index contributed by atoms with van der Waals surface area (Å²) in [7, 11) is 1.74. The largest absolute Gasteiger partial charge is 0.337 e. The van der Waals surface area contributed by atoms with Crippen molar-refractivity contribution in [2.45, 2.75) is 6.54 Å². The molecule has 1 aromatic carbocycles. The smallest absolute Gasteiger partial charge is 0.254 e. The molecule has 0 saturated carbocycles. The molecule has 0 aromatic heterocycles. The molecule has 0 aliphatic carbocycles. The maximum atomic E-state index is 11.6. The fourth-order valence-electron chi connectivity index (χ4n) is 1.67. The Morgan fingerprint density at radius 2 is 2.29 bits per heavy atom. The second-order valence-corrected chi connectivity index (χ2v) is 3.26. The highest BCUT2D eigenvalue weighted by molar-refractivity contribution is 6.00. The summed E-state index contributed by atoms with van der Waals surface area (Å²) in [5, 5.41) is 2.59. The Hall–Kier alpha value is -1.84. The summed E-state index contributed by atoms with van der Waals surface area (Å²) in [6.07, 6.45) is 0.623. The summed E-state index contributed by atoms with van der Waals surface area (Å²) in [6.45, 7) is 0.561. The number of benzene rings is 1. The second-order valence-electron chi connectivity index (χ2n) is 3.26. The van der Waals surface area contributed by atoms with Crippen LogP contribution in [0.25, 0.3) is 0 Å². The zero-order chi connectivity index (χ0) is 10.1. The zero-order valence-corrected chi connectivity index (χ0v) is 7.78. The lowest BCUT2D eigenvalue weighted by atomic mass is 10.1. The molecule has 1 aliphatic heterocycles. The molecule has 0 bridgehead atoms. The number of carbonyl (C=O) groups is 2. The van der Waals surface area contributed by atoms with Crippen LogP contribution in [0.2, 0.25) is 0 Å². The molecule has 72 valence electrons. The second kappa shape index (κ2) is 3.14. The summed E-state index contributed by atoms with van der Waals surface area (Å²) >= 11 is 0. The minimum Gasteiger partial charge on any atom is -0.337 e. The number of nitrogens with zero attached hydrogens (tertiary/aromatic N) is 1. The molecule has 0 radical (unpaired) electrons. The maximum Gasteiger partial charge on any atom is 0.254 e. The lowest BCUT2D eigenvalue weighted by molar-refractivity contribution is -0.105. The van der Waals surface area contributed by atoms with Crippen molar-refractivity contribution in [3.8, 4) is 0 Å². The van der Waals surface area contributed by atoms with Gasteiger partial charge in [0.2, 0.25) is 6.41 Å². The van der Waals surface area contributed by atoms with E-state index in [2.05, 4.69) is 5.32 Å². The Morgan fingerprint density at radius 3 is 3.00 bits per heavy atom. The van der Waals surface area contributed by atoms with E-state index in [0.29, 0.717) is 18.5 Å². The van der Waals surface area contributed by atoms with Crippen LogP contribution in [0.3, 0.4) is 0 Å². The predicted molar refractivity (Wildman–Crippen MR) is 51.9 cm³/mol. The molecule has 0 saturated heterocycles. The number of nitrogens with one attached hydrogen (secondary N) is 1. The minimum atomic E-state index is 0.00884. The molecule has 0 spiro atoms. The van der Waals surface area contributed by atoms with Crippen molar-refractivity contribution in [3.63, 3.8) is 0 Å². The van der Waals surface area contributed by atoms with E-state index in [0.717, 1.165) is 11.3 Å². The van der Waals surface area contributed by atoms with Gasteiger partial charge in [0, 0.05) is 30.4 Å². The van der Waals surface area contributed by atoms with Crippen LogP contribution < -0.4 is 5.32 Å². The maximum absolute atomic E-state index is 11.6. The molecular weight excluding hydrogens is 180 g/mol. The highest BCUT2D eigenvalue weighted by Crippen LogP contribution is 2.27. The number of hydrogen-bond acceptors (Lipinski definition) is 2. The molecular formula is C10H10N2O2. The SMILES string of the molecule is CN1Cc2c(NC=O)cccc2C1=O. The van der Waals surface area contributed by atoms with E-state index in [1.165, 1.54) is 0 Å². The Kier molecular flexibility index (Phi) is 1.96. The van der Waals surface area contributed by atoms with E-state index in [9.17, 15) is 9.59 Å². The van der Waals surface area contributed by atoms with Crippen LogP contribution in [0.4, 0.5) is 5.69 Å². The van der Waals surface area contributed by atoms with Gasteiger partial charge in [-0.1, -0.05) is 6.07 Å². The Morgan fingerprint density at radius 1 is 1.50 bits per heavy atom. The van der Waals surface area contributed by atoms with Crippen LogP contribution in [0, 0.1) is 0 Å². The molecule has 2 amide bonds. The van der Waals surface area contributed by atoms with Crippen molar-refractivity contribution in [3.05, 3.63) is 29.3 Å². The summed E-state index contributed by atoms with van der Waals surface area (Å²) in [5.74, 6) is 0.00884. The third kappa shape index (κ3) is 1.16. The zero-order valence-electron chi connectivity index (χ0n) is 7.78. The monoisotopic (exact) mass is 190 g/mol. The lowest BCUT2D eigenvalue weighted by Gasteiger charge is -2.06. The number of amides is 2. The topological polar surface area (TPSA) is 49.4 Å². The average molecular weight is 190 g/mol. The fraction of sp³-hybridized carbons (Fsp3) is 0.200. The number of carbonyl (C=O) groups excluding carboxylic acids is 2. The van der Waals surface area contributed by atoms with Gasteiger partial charge in [0.25, 0.3) is 5.91 Å². The van der Waals surface area contributed by atoms with E-state index in [1.54, 1.807) is 30.1 Å². The van der Waals surface area contributed by atoms with Gasteiger partial charge < -0.3 is 10.2 Å². The molecule has 1 N–H and O–H groups in total. The molecule has 1 heterocycles. The first-order chi connectivity index (χ1) is 6.74. The summed E-state index contributed by atoms with van der Waals surface area (Å²) in [5.41, 5.74) is 2.29. The van der Waals surface area contributed by atoms with Crippen molar-refractivity contribution >= 4 is 18.0 Å². The number of rotatable bonds is 2. The highest BCUT2D eigenvalue weighted by atomic mass is 16.2. The molecule has 2 rings (SSSR count). The fourth-order valence-corrected chi connectivity index (χ4v) is 1.67. The van der Waals surface area contributed by atoms with Gasteiger partial charge in [-0.2, -0.15) is 0 Å². The van der Waals surface area contributed by atoms with E-state index in [1.807, 2.05) is 0 Å². The van der Waals surface area contributed by atoms with Crippen LogP contribution >= 0.6 is 0 Å². The van der Waals surface area contributed by atoms with Gasteiger partial charge in [-0.3, -0.25) is 9.59 Å². The van der Waals surface area contributed by atoms with Crippen LogP contribution in [0.1, 0.15) is 15.9 Å². The molecule has 1 aromatic rings. The minimum absolute atomic E-state index is 0.00884. The molecule has 14 heavy (non-hydrogen) atoms. The normalized spacial score (nSPS) is 14.1. The summed E-state index contributed by atoms with van der Waals surface area (Å²) in [6, 6.07) is 5.33. The van der Waals surface area contributed by atoms with E-state index >= 15 is 0 Å². The number of hydrogen-bond donors (Lipinski definition) is 1. The van der Waals surface area contributed by atoms with Crippen LogP contribution in [-0.4, -0.2) is 24.3 Å². The first kappa shape index (κ1) is 8.74. The van der Waals surface area contributed by atoms with E-state index < -0.39 is 0 Å². The van der Waals surface area contributed by atoms with Gasteiger partial charge in [-0.25, -0.2) is 0 Å². The van der Waals surface area contributed by atoms with E-state index in [-0.39, 0.29) is 5.91 Å². The molecule has 0 unspecified atom stereocenters. The number of fused-ring (bicyclic) bond motifs is 1. The molecule has 4 nitrogen and oxygen atoms in total. The number of anilines is 1. The third-order valence-corrected chi connectivity index (χ3v) is 2.36. The predicted octanol–water partition coefficient (Wildman–Crippen LogP) is 0.841. The van der Waals surface area contributed by atoms with Gasteiger partial charge in [0.1, 0.15) is 0 Å². The van der Waals surface area contributed by atoms with Gasteiger partial charge >= 0.3 is 0 Å². The average Bonchev–Trinajstić information content (AvgIpc) is 2.46. The Labute approximate surface area is 81.5 Å². The Bertz CT molecular complexity index is 401. The Balaban J connectivity index is 2.49. The summed E-state index contributed by atoms with van der Waals surface area (Å²) < 4.78 is 0. The van der Waals surface area contributed by atoms with Crippen molar-refractivity contribution in [2.75, 3.05) is 12.4 Å². The lowest BCUT2D eigenvalue weighted by Crippen LogP contribution is -2.17. The van der Waals surface area contributed by atoms with E-state index in [4.69, 9.17) is 0 Å². The van der Waals surface area contributed by atoms with Crippen molar-refractivity contribution in [1.29, 1.82) is 0 Å². The molecule has 1 aliphatic rings. The van der Waals surface area contributed by atoms with Crippen molar-refractivity contribution in [2.24, 2.45) is 0 Å². The van der Waals surface area contributed by atoms with Crippen LogP contribution in [-0.2, 0) is 11.3 Å². The molecule has 0 atom stereocenters.